The zero-order chi connectivity index (χ0) is 18.5. The van der Waals surface area contributed by atoms with Crippen LogP contribution in [0.5, 0.6) is 0 Å². The molecule has 1 N–H and O–H groups in total. The second-order valence-electron chi connectivity index (χ2n) is 7.00. The standard InChI is InChI=1S/C21H26BrN3O/c1-16(17-8-10-19(22)11-9-17)23-21(26)15-25-13-12-24(2)14-20(25)18-6-4-3-5-7-18/h3-11,16,20H,12-15H2,1-2H3,(H,23,26). The van der Waals surface area contributed by atoms with E-state index in [0.29, 0.717) is 6.54 Å². The zero-order valence-electron chi connectivity index (χ0n) is 15.4. The predicted octanol–water partition coefficient (Wildman–Crippen LogP) is 3.62. The van der Waals surface area contributed by atoms with Crippen LogP contribution in [0.4, 0.5) is 0 Å². The fraction of sp³-hybridized carbons (Fsp3) is 0.381. The van der Waals surface area contributed by atoms with Crippen molar-refractivity contribution in [3.8, 4) is 0 Å². The first kappa shape index (κ1) is 19.1. The van der Waals surface area contributed by atoms with Gasteiger partial charge in [-0.05, 0) is 37.2 Å². The number of carbonyl (C=O) groups is 1. The Hall–Kier alpha value is -1.69. The van der Waals surface area contributed by atoms with Crippen LogP contribution in [0.15, 0.2) is 59.1 Å². The highest BCUT2D eigenvalue weighted by Gasteiger charge is 2.28. The van der Waals surface area contributed by atoms with E-state index < -0.39 is 0 Å². The zero-order valence-corrected chi connectivity index (χ0v) is 16.9. The number of benzene rings is 2. The lowest BCUT2D eigenvalue weighted by atomic mass is 10.0. The van der Waals surface area contributed by atoms with Crippen LogP contribution >= 0.6 is 15.9 Å². The van der Waals surface area contributed by atoms with Crippen molar-refractivity contribution in [3.05, 3.63) is 70.2 Å². The summed E-state index contributed by atoms with van der Waals surface area (Å²) in [6, 6.07) is 18.8. The first-order chi connectivity index (χ1) is 12.5. The van der Waals surface area contributed by atoms with E-state index in [2.05, 4.69) is 62.4 Å². The Bertz CT molecular complexity index is 720. The molecule has 138 valence electrons. The Balaban J connectivity index is 1.64. The highest BCUT2D eigenvalue weighted by Crippen LogP contribution is 2.24. The Morgan fingerprint density at radius 1 is 1.15 bits per heavy atom. The van der Waals surface area contributed by atoms with Gasteiger partial charge < -0.3 is 10.2 Å². The first-order valence-electron chi connectivity index (χ1n) is 9.05. The van der Waals surface area contributed by atoms with E-state index >= 15 is 0 Å². The number of piperazine rings is 1. The van der Waals surface area contributed by atoms with Gasteiger partial charge in [0.1, 0.15) is 0 Å². The van der Waals surface area contributed by atoms with Gasteiger partial charge in [-0.3, -0.25) is 9.69 Å². The number of likely N-dealkylation sites (N-methyl/N-ethyl adjacent to an activating group) is 1. The SMILES string of the molecule is CC(NC(=O)CN1CCN(C)CC1c1ccccc1)c1ccc(Br)cc1. The molecule has 0 radical (unpaired) electrons. The number of carbonyl (C=O) groups excluding carboxylic acids is 1. The molecule has 4 nitrogen and oxygen atoms in total. The quantitative estimate of drug-likeness (QED) is 0.809. The van der Waals surface area contributed by atoms with Gasteiger partial charge in [-0.1, -0.05) is 58.4 Å². The van der Waals surface area contributed by atoms with E-state index in [9.17, 15) is 4.79 Å². The lowest BCUT2D eigenvalue weighted by molar-refractivity contribution is -0.124. The number of nitrogens with zero attached hydrogens (tertiary/aromatic N) is 2. The molecule has 0 spiro atoms. The van der Waals surface area contributed by atoms with Crippen molar-refractivity contribution in [2.45, 2.75) is 19.0 Å². The maximum Gasteiger partial charge on any atom is 0.234 e. The highest BCUT2D eigenvalue weighted by molar-refractivity contribution is 9.10. The van der Waals surface area contributed by atoms with Crippen LogP contribution in [0, 0.1) is 0 Å². The highest BCUT2D eigenvalue weighted by atomic mass is 79.9. The van der Waals surface area contributed by atoms with Crippen molar-refractivity contribution in [2.75, 3.05) is 33.2 Å². The minimum absolute atomic E-state index is 0.00163. The van der Waals surface area contributed by atoms with Crippen molar-refractivity contribution in [3.63, 3.8) is 0 Å². The molecule has 2 unspecified atom stereocenters. The first-order valence-corrected chi connectivity index (χ1v) is 9.84. The summed E-state index contributed by atoms with van der Waals surface area (Å²) in [4.78, 5) is 17.3. The summed E-state index contributed by atoms with van der Waals surface area (Å²) in [5.41, 5.74) is 2.38. The van der Waals surface area contributed by atoms with E-state index in [-0.39, 0.29) is 18.0 Å². The van der Waals surface area contributed by atoms with E-state index in [4.69, 9.17) is 0 Å². The predicted molar refractivity (Wildman–Crippen MR) is 109 cm³/mol. The van der Waals surface area contributed by atoms with Crippen LogP contribution in [-0.2, 0) is 4.79 Å². The lowest BCUT2D eigenvalue weighted by Crippen LogP contribution is -2.50. The third-order valence-electron chi connectivity index (χ3n) is 4.97. The summed E-state index contributed by atoms with van der Waals surface area (Å²) in [6.07, 6.45) is 0. The van der Waals surface area contributed by atoms with E-state index in [1.54, 1.807) is 0 Å². The Morgan fingerprint density at radius 2 is 1.85 bits per heavy atom. The number of rotatable bonds is 5. The molecule has 2 aromatic rings. The molecule has 2 aromatic carbocycles. The summed E-state index contributed by atoms with van der Waals surface area (Å²) in [5, 5.41) is 3.14. The minimum Gasteiger partial charge on any atom is -0.348 e. The van der Waals surface area contributed by atoms with Crippen molar-refractivity contribution >= 4 is 21.8 Å². The van der Waals surface area contributed by atoms with Crippen LogP contribution in [0.1, 0.15) is 30.1 Å². The summed E-state index contributed by atoms with van der Waals surface area (Å²) in [5.74, 6) is 0.0749. The summed E-state index contributed by atoms with van der Waals surface area (Å²) >= 11 is 3.45. The second kappa shape index (κ2) is 8.80. The molecule has 1 aliphatic rings. The largest absolute Gasteiger partial charge is 0.348 e. The third-order valence-corrected chi connectivity index (χ3v) is 5.50. The van der Waals surface area contributed by atoms with Crippen LogP contribution in [-0.4, -0.2) is 48.9 Å². The number of halogens is 1. The average molecular weight is 416 g/mol. The van der Waals surface area contributed by atoms with Gasteiger partial charge in [0, 0.05) is 30.1 Å². The average Bonchev–Trinajstić information content (AvgIpc) is 2.64. The molecule has 26 heavy (non-hydrogen) atoms. The van der Waals surface area contributed by atoms with Gasteiger partial charge in [-0.2, -0.15) is 0 Å². The molecule has 0 saturated carbocycles. The fourth-order valence-corrected chi connectivity index (χ4v) is 3.71. The molecular formula is C21H26BrN3O. The van der Waals surface area contributed by atoms with Gasteiger partial charge in [0.15, 0.2) is 0 Å². The molecule has 0 bridgehead atoms. The number of amides is 1. The van der Waals surface area contributed by atoms with Gasteiger partial charge in [0.2, 0.25) is 5.91 Å². The van der Waals surface area contributed by atoms with E-state index in [1.807, 2.05) is 37.3 Å². The molecule has 1 aliphatic heterocycles. The molecular weight excluding hydrogens is 390 g/mol. The molecule has 0 aliphatic carbocycles. The van der Waals surface area contributed by atoms with Crippen LogP contribution in [0.3, 0.4) is 0 Å². The molecule has 1 amide bonds. The van der Waals surface area contributed by atoms with Gasteiger partial charge in [-0.25, -0.2) is 0 Å². The van der Waals surface area contributed by atoms with E-state index in [1.165, 1.54) is 5.56 Å². The third kappa shape index (κ3) is 4.93. The molecule has 3 rings (SSSR count). The van der Waals surface area contributed by atoms with Gasteiger partial charge in [0.25, 0.3) is 0 Å². The maximum absolute atomic E-state index is 12.6. The lowest BCUT2D eigenvalue weighted by Gasteiger charge is -2.40. The Labute approximate surface area is 164 Å². The van der Waals surface area contributed by atoms with Crippen molar-refractivity contribution in [1.82, 2.24) is 15.1 Å². The Morgan fingerprint density at radius 3 is 2.54 bits per heavy atom. The molecule has 0 aromatic heterocycles. The summed E-state index contributed by atoms with van der Waals surface area (Å²) in [6.45, 7) is 5.28. The van der Waals surface area contributed by atoms with Crippen molar-refractivity contribution in [2.24, 2.45) is 0 Å². The number of hydrogen-bond acceptors (Lipinski definition) is 3. The fourth-order valence-electron chi connectivity index (χ4n) is 3.44. The number of nitrogens with one attached hydrogen (secondary N) is 1. The van der Waals surface area contributed by atoms with E-state index in [0.717, 1.165) is 29.7 Å². The van der Waals surface area contributed by atoms with Gasteiger partial charge in [0.05, 0.1) is 12.6 Å². The monoisotopic (exact) mass is 415 g/mol. The number of hydrogen-bond donors (Lipinski definition) is 1. The van der Waals surface area contributed by atoms with Crippen LogP contribution in [0.25, 0.3) is 0 Å². The second-order valence-corrected chi connectivity index (χ2v) is 7.92. The molecule has 2 atom stereocenters. The molecule has 1 heterocycles. The topological polar surface area (TPSA) is 35.6 Å². The van der Waals surface area contributed by atoms with Crippen molar-refractivity contribution < 1.29 is 4.79 Å². The molecule has 5 heteroatoms. The normalized spacial score (nSPS) is 19.9. The molecule has 1 fully saturated rings. The van der Waals surface area contributed by atoms with Crippen LogP contribution < -0.4 is 5.32 Å². The maximum atomic E-state index is 12.6. The van der Waals surface area contributed by atoms with Gasteiger partial charge >= 0.3 is 0 Å². The summed E-state index contributed by atoms with van der Waals surface area (Å²) < 4.78 is 1.04. The Kier molecular flexibility index (Phi) is 6.46. The van der Waals surface area contributed by atoms with Gasteiger partial charge in [-0.15, -0.1) is 0 Å². The van der Waals surface area contributed by atoms with Crippen LogP contribution in [0.2, 0.25) is 0 Å². The molecule has 1 saturated heterocycles. The minimum atomic E-state index is -0.00163. The smallest absolute Gasteiger partial charge is 0.234 e. The summed E-state index contributed by atoms with van der Waals surface area (Å²) in [7, 11) is 2.14. The van der Waals surface area contributed by atoms with Crippen molar-refractivity contribution in [1.29, 1.82) is 0 Å².